The van der Waals surface area contributed by atoms with E-state index in [1.165, 1.54) is 13.1 Å². The Morgan fingerprint density at radius 3 is 2.23 bits per heavy atom. The Morgan fingerprint density at radius 2 is 1.73 bits per heavy atom. The van der Waals surface area contributed by atoms with Crippen molar-refractivity contribution in [2.75, 3.05) is 5.32 Å². The number of nitrogens with one attached hydrogen (secondary N) is 2. The number of carbonyl (C=O) groups excluding carboxylic acids is 1. The Morgan fingerprint density at radius 1 is 1.18 bits per heavy atom. The molecule has 1 aromatic rings. The van der Waals surface area contributed by atoms with Crippen LogP contribution in [0.3, 0.4) is 0 Å². The number of alkyl halides is 2. The van der Waals surface area contributed by atoms with Crippen molar-refractivity contribution in [2.24, 2.45) is 0 Å². The van der Waals surface area contributed by atoms with Crippen LogP contribution in [0, 0.1) is 0 Å². The molecule has 5 heteroatoms. The molecule has 2 unspecified atom stereocenters. The fourth-order valence-corrected chi connectivity index (χ4v) is 1.65. The lowest BCUT2D eigenvalue weighted by atomic mass is 10.1. The van der Waals surface area contributed by atoms with Crippen LogP contribution >= 0.6 is 0 Å². The Kier molecular flexibility index (Phi) is 9.06. The summed E-state index contributed by atoms with van der Waals surface area (Å²) in [5.41, 5.74) is 0.967. The van der Waals surface area contributed by atoms with Gasteiger partial charge in [0.05, 0.1) is 6.04 Å². The van der Waals surface area contributed by atoms with Crippen LogP contribution in [0.15, 0.2) is 42.6 Å². The quantitative estimate of drug-likeness (QED) is 0.791. The number of hydrogen-bond donors (Lipinski definition) is 2. The molecule has 0 spiro atoms. The van der Waals surface area contributed by atoms with Crippen molar-refractivity contribution in [1.82, 2.24) is 5.32 Å². The maximum absolute atomic E-state index is 12.8. The molecule has 22 heavy (non-hydrogen) atoms. The smallest absolute Gasteiger partial charge is 0.304 e. The number of Topliss-reactive ketones (excluding diaryl/α,β-unsaturated/α-hetero) is 1. The molecule has 0 aromatic heterocycles. The summed E-state index contributed by atoms with van der Waals surface area (Å²) in [6.45, 7) is 7.95. The molecule has 0 amide bonds. The summed E-state index contributed by atoms with van der Waals surface area (Å²) in [7, 11) is 0. The van der Waals surface area contributed by atoms with Crippen molar-refractivity contribution >= 4 is 11.5 Å². The minimum absolute atomic E-state index is 0.00865. The van der Waals surface area contributed by atoms with Crippen LogP contribution in [0.1, 0.15) is 34.6 Å². The summed E-state index contributed by atoms with van der Waals surface area (Å²) in [6.07, 6.45) is 3.29. The first-order chi connectivity index (χ1) is 10.3. The molecule has 2 N–H and O–H groups in total. The summed E-state index contributed by atoms with van der Waals surface area (Å²) >= 11 is 0. The molecule has 1 rings (SSSR count). The van der Waals surface area contributed by atoms with Gasteiger partial charge in [0.15, 0.2) is 0 Å². The lowest BCUT2D eigenvalue weighted by molar-refractivity contribution is -0.142. The monoisotopic (exact) mass is 312 g/mol. The molecule has 0 fully saturated rings. The zero-order valence-electron chi connectivity index (χ0n) is 13.9. The number of carbonyl (C=O) groups is 1. The van der Waals surface area contributed by atoms with Crippen LogP contribution in [-0.2, 0) is 4.79 Å². The van der Waals surface area contributed by atoms with Crippen molar-refractivity contribution in [3.8, 4) is 0 Å². The highest BCUT2D eigenvalue weighted by Crippen LogP contribution is 2.15. The molecule has 0 aliphatic carbocycles. The molecule has 0 radical (unpaired) electrons. The van der Waals surface area contributed by atoms with Gasteiger partial charge in [-0.1, -0.05) is 32.0 Å². The standard InChI is InChI=1S/C15H20F2N2O.C2H6/c1-11(19-13-7-5-4-6-8-13)9-10-18-12(2)14(20)15(3,16)17;1-2/h4-12,18-19H,1-3H3;1-2H3/b10-9-;. The summed E-state index contributed by atoms with van der Waals surface area (Å²) in [5, 5.41) is 5.87. The number of ketones is 1. The largest absolute Gasteiger partial charge is 0.381 e. The van der Waals surface area contributed by atoms with E-state index in [0.29, 0.717) is 6.92 Å². The van der Waals surface area contributed by atoms with Crippen molar-refractivity contribution < 1.29 is 13.6 Å². The molecule has 0 saturated carbocycles. The van der Waals surface area contributed by atoms with E-state index in [1.807, 2.05) is 51.1 Å². The summed E-state index contributed by atoms with van der Waals surface area (Å²) < 4.78 is 25.6. The fraction of sp³-hybridized carbons (Fsp3) is 0.471. The molecule has 3 nitrogen and oxygen atoms in total. The van der Waals surface area contributed by atoms with E-state index in [1.54, 1.807) is 6.08 Å². The molecular weight excluding hydrogens is 286 g/mol. The number of hydrogen-bond acceptors (Lipinski definition) is 3. The first-order valence-electron chi connectivity index (χ1n) is 7.47. The highest BCUT2D eigenvalue weighted by Gasteiger charge is 2.35. The van der Waals surface area contributed by atoms with Gasteiger partial charge < -0.3 is 10.6 Å². The zero-order chi connectivity index (χ0) is 17.2. The normalized spacial score (nSPS) is 13.8. The van der Waals surface area contributed by atoms with Gasteiger partial charge in [-0.15, -0.1) is 0 Å². The second kappa shape index (κ2) is 9.92. The molecule has 2 atom stereocenters. The van der Waals surface area contributed by atoms with Crippen LogP contribution in [-0.4, -0.2) is 23.8 Å². The topological polar surface area (TPSA) is 41.1 Å². The van der Waals surface area contributed by atoms with Crippen molar-refractivity contribution in [1.29, 1.82) is 0 Å². The third-order valence-electron chi connectivity index (χ3n) is 2.73. The molecule has 1 aromatic carbocycles. The van der Waals surface area contributed by atoms with Crippen LogP contribution < -0.4 is 10.6 Å². The zero-order valence-corrected chi connectivity index (χ0v) is 13.9. The highest BCUT2D eigenvalue weighted by molar-refractivity contribution is 5.89. The van der Waals surface area contributed by atoms with Gasteiger partial charge >= 0.3 is 5.92 Å². The van der Waals surface area contributed by atoms with Gasteiger partial charge in [-0.2, -0.15) is 8.78 Å². The first-order valence-corrected chi connectivity index (χ1v) is 7.47. The molecule has 0 heterocycles. The van der Waals surface area contributed by atoms with Gasteiger partial charge in [0.25, 0.3) is 0 Å². The molecule has 124 valence electrons. The average molecular weight is 312 g/mol. The Balaban J connectivity index is 0.00000211. The first kappa shape index (κ1) is 20.1. The highest BCUT2D eigenvalue weighted by atomic mass is 19.3. The SMILES string of the molecule is CC.CC(/C=C\NC(C)C(=O)C(C)(F)F)Nc1ccccc1. The maximum atomic E-state index is 12.8. The van der Waals surface area contributed by atoms with Gasteiger partial charge in [-0.25, -0.2) is 0 Å². The molecular formula is C17H26F2N2O. The molecule has 0 saturated heterocycles. The second-order valence-corrected chi connectivity index (χ2v) is 4.80. The predicted octanol–water partition coefficient (Wildman–Crippen LogP) is 4.23. The van der Waals surface area contributed by atoms with E-state index in [4.69, 9.17) is 0 Å². The number of para-hydroxylation sites is 1. The van der Waals surface area contributed by atoms with Crippen LogP contribution in [0.2, 0.25) is 0 Å². The third-order valence-corrected chi connectivity index (χ3v) is 2.73. The molecule has 0 aliphatic rings. The van der Waals surface area contributed by atoms with E-state index >= 15 is 0 Å². The summed E-state index contributed by atoms with van der Waals surface area (Å²) in [4.78, 5) is 11.3. The Hall–Kier alpha value is -1.91. The Bertz CT molecular complexity index is 455. The van der Waals surface area contributed by atoms with E-state index in [0.717, 1.165) is 5.69 Å². The van der Waals surface area contributed by atoms with Crippen LogP contribution in [0.5, 0.6) is 0 Å². The van der Waals surface area contributed by atoms with Crippen LogP contribution in [0.4, 0.5) is 14.5 Å². The molecule has 0 bridgehead atoms. The van der Waals surface area contributed by atoms with Gasteiger partial charge in [0.2, 0.25) is 5.78 Å². The predicted molar refractivity (Wildman–Crippen MR) is 88.2 cm³/mol. The van der Waals surface area contributed by atoms with E-state index in [-0.39, 0.29) is 6.04 Å². The number of rotatable bonds is 7. The second-order valence-electron chi connectivity index (χ2n) is 4.80. The number of halogens is 2. The van der Waals surface area contributed by atoms with E-state index in [2.05, 4.69) is 10.6 Å². The van der Waals surface area contributed by atoms with Gasteiger partial charge in [-0.05, 0) is 38.3 Å². The third kappa shape index (κ3) is 7.76. The summed E-state index contributed by atoms with van der Waals surface area (Å²) in [6, 6.07) is 8.71. The maximum Gasteiger partial charge on any atom is 0.304 e. The molecule has 0 aliphatic heterocycles. The minimum Gasteiger partial charge on any atom is -0.381 e. The van der Waals surface area contributed by atoms with E-state index in [9.17, 15) is 13.6 Å². The number of benzene rings is 1. The Labute approximate surface area is 131 Å². The van der Waals surface area contributed by atoms with Crippen molar-refractivity contribution in [3.63, 3.8) is 0 Å². The fourth-order valence-electron chi connectivity index (χ4n) is 1.65. The minimum atomic E-state index is -3.31. The summed E-state index contributed by atoms with van der Waals surface area (Å²) in [5.74, 6) is -4.43. The van der Waals surface area contributed by atoms with Gasteiger partial charge in [-0.3, -0.25) is 4.79 Å². The van der Waals surface area contributed by atoms with Crippen LogP contribution in [0.25, 0.3) is 0 Å². The lowest BCUT2D eigenvalue weighted by Crippen LogP contribution is -2.40. The van der Waals surface area contributed by atoms with Gasteiger partial charge in [0.1, 0.15) is 0 Å². The van der Waals surface area contributed by atoms with E-state index < -0.39 is 17.7 Å². The van der Waals surface area contributed by atoms with Gasteiger partial charge in [0, 0.05) is 18.7 Å². The number of anilines is 1. The van der Waals surface area contributed by atoms with Crippen molar-refractivity contribution in [3.05, 3.63) is 42.6 Å². The lowest BCUT2D eigenvalue weighted by Gasteiger charge is -2.16. The van der Waals surface area contributed by atoms with Crippen molar-refractivity contribution in [2.45, 2.75) is 52.6 Å². The average Bonchev–Trinajstić information content (AvgIpc) is 2.48.